The molecular formula is C11H12N2O4. The van der Waals surface area contributed by atoms with Crippen LogP contribution in [0, 0.1) is 0 Å². The van der Waals surface area contributed by atoms with Gasteiger partial charge in [-0.05, 0) is 25.8 Å². The highest BCUT2D eigenvalue weighted by molar-refractivity contribution is 6.01. The highest BCUT2D eigenvalue weighted by Gasteiger charge is 2.51. The molecule has 1 aliphatic carbocycles. The second-order valence-corrected chi connectivity index (χ2v) is 4.20. The van der Waals surface area contributed by atoms with Crippen LogP contribution in [0.5, 0.6) is 0 Å². The summed E-state index contributed by atoms with van der Waals surface area (Å²) in [5.74, 6) is -1.68. The number of amides is 1. The molecule has 0 aliphatic heterocycles. The fraction of sp³-hybridized carbons (Fsp3) is 0.364. The second-order valence-electron chi connectivity index (χ2n) is 4.20. The molecule has 0 bridgehead atoms. The van der Waals surface area contributed by atoms with E-state index in [2.05, 4.69) is 10.3 Å². The highest BCUT2D eigenvalue weighted by Crippen LogP contribution is 2.35. The topological polar surface area (TPSA) is 99.3 Å². The Morgan fingerprint density at radius 2 is 2.06 bits per heavy atom. The Morgan fingerprint density at radius 1 is 1.41 bits per heavy atom. The Hall–Kier alpha value is -2.11. The van der Waals surface area contributed by atoms with Crippen molar-refractivity contribution in [1.29, 1.82) is 0 Å². The molecule has 1 heterocycles. The van der Waals surface area contributed by atoms with E-state index in [0.717, 1.165) is 0 Å². The molecule has 90 valence electrons. The maximum atomic E-state index is 11.7. The lowest BCUT2D eigenvalue weighted by atomic mass is 10.2. The van der Waals surface area contributed by atoms with Crippen LogP contribution in [0.4, 0.5) is 0 Å². The second kappa shape index (κ2) is 3.73. The quantitative estimate of drug-likeness (QED) is 0.665. The molecule has 0 aromatic carbocycles. The van der Waals surface area contributed by atoms with Crippen LogP contribution < -0.4 is 5.32 Å². The van der Waals surface area contributed by atoms with Gasteiger partial charge in [0.1, 0.15) is 11.2 Å². The lowest BCUT2D eigenvalue weighted by Crippen LogP contribution is -2.43. The summed E-state index contributed by atoms with van der Waals surface area (Å²) < 4.78 is 0. The first kappa shape index (κ1) is 11.4. The van der Waals surface area contributed by atoms with Crippen molar-refractivity contribution in [3.8, 4) is 0 Å². The third-order valence-corrected chi connectivity index (χ3v) is 2.85. The van der Waals surface area contributed by atoms with Gasteiger partial charge in [0.05, 0.1) is 0 Å². The minimum atomic E-state index is -1.11. The third-order valence-electron chi connectivity index (χ3n) is 2.85. The maximum absolute atomic E-state index is 11.7. The molecule has 1 saturated carbocycles. The number of H-pyrrole nitrogens is 1. The van der Waals surface area contributed by atoms with Crippen LogP contribution >= 0.6 is 0 Å². The number of Topliss-reactive ketones (excluding diaryl/α,β-unsaturated/α-hetero) is 1. The van der Waals surface area contributed by atoms with Crippen LogP contribution in [-0.2, 0) is 4.79 Å². The molecule has 1 fully saturated rings. The Labute approximate surface area is 97.0 Å². The molecule has 2 rings (SSSR count). The Balaban J connectivity index is 2.10. The monoisotopic (exact) mass is 236 g/mol. The van der Waals surface area contributed by atoms with Crippen molar-refractivity contribution < 1.29 is 19.5 Å². The van der Waals surface area contributed by atoms with E-state index < -0.39 is 17.4 Å². The average molecular weight is 236 g/mol. The maximum Gasteiger partial charge on any atom is 0.329 e. The molecule has 6 heteroatoms. The van der Waals surface area contributed by atoms with Gasteiger partial charge in [0.15, 0.2) is 5.78 Å². The van der Waals surface area contributed by atoms with Crippen LogP contribution in [-0.4, -0.2) is 33.3 Å². The molecule has 6 nitrogen and oxygen atoms in total. The summed E-state index contributed by atoms with van der Waals surface area (Å²) >= 11 is 0. The summed E-state index contributed by atoms with van der Waals surface area (Å²) in [6.45, 7) is 1.39. The molecule has 17 heavy (non-hydrogen) atoms. The summed E-state index contributed by atoms with van der Waals surface area (Å²) in [6, 6.07) is 1.41. The average Bonchev–Trinajstić information content (AvgIpc) is 2.87. The molecule has 0 atom stereocenters. The van der Waals surface area contributed by atoms with Crippen molar-refractivity contribution in [2.45, 2.75) is 25.3 Å². The van der Waals surface area contributed by atoms with E-state index in [-0.39, 0.29) is 11.5 Å². The van der Waals surface area contributed by atoms with E-state index in [4.69, 9.17) is 5.11 Å². The van der Waals surface area contributed by atoms with Crippen LogP contribution in [0.3, 0.4) is 0 Å². The number of aliphatic carboxylic acids is 1. The summed E-state index contributed by atoms with van der Waals surface area (Å²) in [4.78, 5) is 36.3. The largest absolute Gasteiger partial charge is 0.480 e. The van der Waals surface area contributed by atoms with Crippen LogP contribution in [0.15, 0.2) is 12.3 Å². The predicted molar refractivity (Wildman–Crippen MR) is 57.9 cm³/mol. The minimum absolute atomic E-state index is 0.153. The van der Waals surface area contributed by atoms with Crippen LogP contribution in [0.25, 0.3) is 0 Å². The zero-order chi connectivity index (χ0) is 12.6. The first-order valence-electron chi connectivity index (χ1n) is 5.20. The number of ketones is 1. The van der Waals surface area contributed by atoms with E-state index >= 15 is 0 Å². The van der Waals surface area contributed by atoms with Crippen molar-refractivity contribution in [3.05, 3.63) is 23.5 Å². The lowest BCUT2D eigenvalue weighted by molar-refractivity contribution is -0.140. The summed E-state index contributed by atoms with van der Waals surface area (Å²) in [5.41, 5.74) is -0.517. The van der Waals surface area contributed by atoms with Gasteiger partial charge in [0.25, 0.3) is 5.91 Å². The molecule has 1 amide bonds. The molecular weight excluding hydrogens is 224 g/mol. The number of rotatable bonds is 4. The summed E-state index contributed by atoms with van der Waals surface area (Å²) in [5, 5.41) is 11.4. The number of carbonyl (C=O) groups excluding carboxylic acids is 2. The van der Waals surface area contributed by atoms with Gasteiger partial charge in [0, 0.05) is 11.8 Å². The molecule has 0 saturated heterocycles. The van der Waals surface area contributed by atoms with Gasteiger partial charge in [0.2, 0.25) is 0 Å². The van der Waals surface area contributed by atoms with E-state index in [0.29, 0.717) is 18.4 Å². The van der Waals surface area contributed by atoms with Gasteiger partial charge >= 0.3 is 5.97 Å². The third kappa shape index (κ3) is 2.06. The number of carbonyl (C=O) groups is 3. The number of hydrogen-bond donors (Lipinski definition) is 3. The van der Waals surface area contributed by atoms with Crippen molar-refractivity contribution in [1.82, 2.24) is 10.3 Å². The minimum Gasteiger partial charge on any atom is -0.480 e. The summed E-state index contributed by atoms with van der Waals surface area (Å²) in [6.07, 6.45) is 2.31. The van der Waals surface area contributed by atoms with Gasteiger partial charge in [-0.25, -0.2) is 4.79 Å². The van der Waals surface area contributed by atoms with Gasteiger partial charge in [-0.1, -0.05) is 0 Å². The summed E-state index contributed by atoms with van der Waals surface area (Å²) in [7, 11) is 0. The molecule has 3 N–H and O–H groups in total. The van der Waals surface area contributed by atoms with Crippen LogP contribution in [0.1, 0.15) is 40.6 Å². The molecule has 1 aromatic rings. The predicted octanol–water partition coefficient (Wildman–Crippen LogP) is 0.564. The fourth-order valence-electron chi connectivity index (χ4n) is 1.53. The van der Waals surface area contributed by atoms with E-state index in [1.165, 1.54) is 19.2 Å². The van der Waals surface area contributed by atoms with E-state index in [9.17, 15) is 14.4 Å². The fourth-order valence-corrected chi connectivity index (χ4v) is 1.53. The van der Waals surface area contributed by atoms with Gasteiger partial charge in [-0.2, -0.15) is 0 Å². The SMILES string of the molecule is CC(=O)c1c[nH]c(C(=O)NC2(C(=O)O)CC2)c1. The first-order valence-corrected chi connectivity index (χ1v) is 5.20. The molecule has 0 radical (unpaired) electrons. The van der Waals surface area contributed by atoms with E-state index in [1.807, 2.05) is 0 Å². The molecule has 1 aliphatic rings. The number of carboxylic acid groups (broad SMARTS) is 1. The van der Waals surface area contributed by atoms with Crippen molar-refractivity contribution in [2.75, 3.05) is 0 Å². The molecule has 0 unspecified atom stereocenters. The Bertz CT molecular complexity index is 499. The van der Waals surface area contributed by atoms with Gasteiger partial charge < -0.3 is 15.4 Å². The highest BCUT2D eigenvalue weighted by atomic mass is 16.4. The van der Waals surface area contributed by atoms with Crippen molar-refractivity contribution in [3.63, 3.8) is 0 Å². The number of aromatic nitrogens is 1. The van der Waals surface area contributed by atoms with Gasteiger partial charge in [-0.3, -0.25) is 9.59 Å². The molecule has 1 aromatic heterocycles. The van der Waals surface area contributed by atoms with Crippen LogP contribution in [0.2, 0.25) is 0 Å². The zero-order valence-electron chi connectivity index (χ0n) is 9.24. The zero-order valence-corrected chi connectivity index (χ0v) is 9.24. The Morgan fingerprint density at radius 3 is 2.47 bits per heavy atom. The number of carboxylic acids is 1. The number of hydrogen-bond acceptors (Lipinski definition) is 3. The molecule has 0 spiro atoms. The standard InChI is InChI=1S/C11H12N2O4/c1-6(14)7-4-8(12-5-7)9(15)13-11(2-3-11)10(16)17/h4-5,12H,2-3H2,1H3,(H,13,15)(H,16,17). The smallest absolute Gasteiger partial charge is 0.329 e. The number of nitrogens with one attached hydrogen (secondary N) is 2. The Kier molecular flexibility index (Phi) is 2.49. The number of aromatic amines is 1. The van der Waals surface area contributed by atoms with E-state index in [1.54, 1.807) is 0 Å². The van der Waals surface area contributed by atoms with Gasteiger partial charge in [-0.15, -0.1) is 0 Å². The normalized spacial score (nSPS) is 16.3. The van der Waals surface area contributed by atoms with Crippen molar-refractivity contribution >= 4 is 17.7 Å². The lowest BCUT2D eigenvalue weighted by Gasteiger charge is -2.10. The van der Waals surface area contributed by atoms with Crippen molar-refractivity contribution in [2.24, 2.45) is 0 Å². The first-order chi connectivity index (χ1) is 7.94.